The van der Waals surface area contributed by atoms with Gasteiger partial charge in [0.15, 0.2) is 0 Å². The van der Waals surface area contributed by atoms with Crippen molar-refractivity contribution in [2.24, 2.45) is 0 Å². The minimum absolute atomic E-state index is 0.0632. The summed E-state index contributed by atoms with van der Waals surface area (Å²) in [5.74, 6) is 0. The maximum Gasteiger partial charge on any atom is 0.421 e. The first-order valence-corrected chi connectivity index (χ1v) is 6.44. The van der Waals surface area contributed by atoms with Crippen LogP contribution < -0.4 is 5.56 Å². The number of nitrogens with zero attached hydrogens (tertiary/aromatic N) is 1. The summed E-state index contributed by atoms with van der Waals surface area (Å²) >= 11 is 0. The van der Waals surface area contributed by atoms with Crippen LogP contribution in [0.1, 0.15) is 18.4 Å². The average molecular weight is 291 g/mol. The number of hydrogen-bond acceptors (Lipinski definition) is 3. The smallest absolute Gasteiger partial charge is 0.377 e. The summed E-state index contributed by atoms with van der Waals surface area (Å²) in [5, 5.41) is 0. The molecule has 4 nitrogen and oxygen atoms in total. The molecular formula is C13H16F3NO3. The molecule has 112 valence electrons. The lowest BCUT2D eigenvalue weighted by molar-refractivity contribution is -0.139. The number of rotatable bonds is 5. The van der Waals surface area contributed by atoms with Crippen LogP contribution in [0.4, 0.5) is 13.2 Å². The maximum absolute atomic E-state index is 12.6. The van der Waals surface area contributed by atoms with Gasteiger partial charge < -0.3 is 14.0 Å². The van der Waals surface area contributed by atoms with Gasteiger partial charge in [-0.2, -0.15) is 13.2 Å². The number of alkyl halides is 3. The third-order valence-corrected chi connectivity index (χ3v) is 3.13. The normalized spacial score (nSPS) is 19.4. The predicted molar refractivity (Wildman–Crippen MR) is 65.5 cm³/mol. The molecule has 20 heavy (non-hydrogen) atoms. The highest BCUT2D eigenvalue weighted by Gasteiger charge is 2.34. The minimum atomic E-state index is -4.63. The van der Waals surface area contributed by atoms with Crippen molar-refractivity contribution in [2.45, 2.75) is 31.7 Å². The summed E-state index contributed by atoms with van der Waals surface area (Å²) in [7, 11) is 0. The number of hydrogen-bond donors (Lipinski definition) is 0. The molecule has 2 rings (SSSR count). The van der Waals surface area contributed by atoms with Gasteiger partial charge in [-0.25, -0.2) is 0 Å². The first-order valence-electron chi connectivity index (χ1n) is 6.44. The second-order valence-corrected chi connectivity index (χ2v) is 4.63. The second-order valence-electron chi connectivity index (χ2n) is 4.63. The molecule has 0 spiro atoms. The molecule has 1 atom stereocenters. The molecule has 0 radical (unpaired) electrons. The molecule has 0 aromatic carbocycles. The minimum Gasteiger partial charge on any atom is -0.377 e. The van der Waals surface area contributed by atoms with E-state index in [1.807, 2.05) is 0 Å². The monoisotopic (exact) mass is 291 g/mol. The fourth-order valence-corrected chi connectivity index (χ4v) is 2.08. The van der Waals surface area contributed by atoms with Crippen LogP contribution in [-0.2, 0) is 22.2 Å². The number of ether oxygens (including phenoxy) is 2. The van der Waals surface area contributed by atoms with E-state index in [4.69, 9.17) is 9.47 Å². The van der Waals surface area contributed by atoms with Gasteiger partial charge in [0.2, 0.25) is 0 Å². The molecule has 0 aliphatic carbocycles. The van der Waals surface area contributed by atoms with Gasteiger partial charge in [-0.15, -0.1) is 0 Å². The highest BCUT2D eigenvalue weighted by molar-refractivity contribution is 5.13. The molecule has 1 fully saturated rings. The lowest BCUT2D eigenvalue weighted by Crippen LogP contribution is -2.29. The molecule has 0 amide bonds. The first-order chi connectivity index (χ1) is 9.48. The Kier molecular flexibility index (Phi) is 4.82. The van der Waals surface area contributed by atoms with E-state index in [0.29, 0.717) is 6.61 Å². The van der Waals surface area contributed by atoms with Crippen molar-refractivity contribution in [2.75, 3.05) is 19.8 Å². The Morgan fingerprint density at radius 2 is 2.25 bits per heavy atom. The Morgan fingerprint density at radius 1 is 1.45 bits per heavy atom. The van der Waals surface area contributed by atoms with E-state index in [0.717, 1.165) is 30.1 Å². The molecular weight excluding hydrogens is 275 g/mol. The van der Waals surface area contributed by atoms with E-state index in [1.54, 1.807) is 0 Å². The molecule has 0 saturated carbocycles. The van der Waals surface area contributed by atoms with Crippen LogP contribution in [0.5, 0.6) is 0 Å². The van der Waals surface area contributed by atoms with Crippen molar-refractivity contribution in [3.63, 3.8) is 0 Å². The highest BCUT2D eigenvalue weighted by Crippen LogP contribution is 2.25. The molecule has 1 aromatic rings. The molecule has 0 N–H and O–H groups in total. The zero-order valence-corrected chi connectivity index (χ0v) is 10.9. The van der Waals surface area contributed by atoms with Gasteiger partial charge in [-0.1, -0.05) is 0 Å². The van der Waals surface area contributed by atoms with Gasteiger partial charge in [-0.05, 0) is 25.0 Å². The summed E-state index contributed by atoms with van der Waals surface area (Å²) in [6, 6.07) is 2.00. The van der Waals surface area contributed by atoms with E-state index in [2.05, 4.69) is 0 Å². The number of pyridine rings is 1. The fraction of sp³-hybridized carbons (Fsp3) is 0.615. The van der Waals surface area contributed by atoms with Crippen LogP contribution in [0, 0.1) is 0 Å². The van der Waals surface area contributed by atoms with Crippen molar-refractivity contribution in [1.82, 2.24) is 4.57 Å². The third kappa shape index (κ3) is 3.83. The van der Waals surface area contributed by atoms with Gasteiger partial charge in [0.1, 0.15) is 5.56 Å². The molecule has 1 aromatic heterocycles. The molecule has 1 aliphatic rings. The van der Waals surface area contributed by atoms with Gasteiger partial charge in [0.25, 0.3) is 5.56 Å². The van der Waals surface area contributed by atoms with E-state index in [1.165, 1.54) is 12.3 Å². The van der Waals surface area contributed by atoms with Crippen LogP contribution in [-0.4, -0.2) is 30.5 Å². The van der Waals surface area contributed by atoms with Gasteiger partial charge in [0.05, 0.1) is 19.3 Å². The molecule has 0 bridgehead atoms. The molecule has 1 saturated heterocycles. The first kappa shape index (κ1) is 15.1. The summed E-state index contributed by atoms with van der Waals surface area (Å²) in [4.78, 5) is 11.6. The summed E-state index contributed by atoms with van der Waals surface area (Å²) in [6.45, 7) is 1.41. The Bertz CT molecular complexity index is 492. The lowest BCUT2D eigenvalue weighted by Gasteiger charge is -2.12. The zero-order valence-electron chi connectivity index (χ0n) is 10.9. The highest BCUT2D eigenvalue weighted by atomic mass is 19.4. The molecule has 1 aliphatic heterocycles. The van der Waals surface area contributed by atoms with Crippen molar-refractivity contribution in [3.8, 4) is 0 Å². The second kappa shape index (κ2) is 6.41. The standard InChI is InChI=1S/C13H16F3NO3/c14-13(15,16)11-4-1-5-17(12(11)18)6-8-19-9-10-3-2-7-20-10/h1,4-5,10H,2-3,6-9H2. The predicted octanol–water partition coefficient (Wildman–Crippen LogP) is 2.06. The Balaban J connectivity index is 1.88. The topological polar surface area (TPSA) is 40.5 Å². The van der Waals surface area contributed by atoms with Crippen molar-refractivity contribution in [1.29, 1.82) is 0 Å². The summed E-state index contributed by atoms with van der Waals surface area (Å²) in [5.41, 5.74) is -2.19. The van der Waals surface area contributed by atoms with E-state index >= 15 is 0 Å². The van der Waals surface area contributed by atoms with E-state index in [-0.39, 0.29) is 19.3 Å². The Labute approximate surface area is 114 Å². The third-order valence-electron chi connectivity index (χ3n) is 3.13. The summed E-state index contributed by atoms with van der Waals surface area (Å²) < 4.78 is 49.4. The molecule has 2 heterocycles. The van der Waals surface area contributed by atoms with Gasteiger partial charge >= 0.3 is 6.18 Å². The average Bonchev–Trinajstić information content (AvgIpc) is 2.88. The zero-order chi connectivity index (χ0) is 14.6. The Hall–Kier alpha value is -1.34. The van der Waals surface area contributed by atoms with Crippen molar-refractivity contribution >= 4 is 0 Å². The van der Waals surface area contributed by atoms with E-state index in [9.17, 15) is 18.0 Å². The van der Waals surface area contributed by atoms with Crippen molar-refractivity contribution < 1.29 is 22.6 Å². The Morgan fingerprint density at radius 3 is 2.90 bits per heavy atom. The van der Waals surface area contributed by atoms with Crippen LogP contribution in [0.2, 0.25) is 0 Å². The van der Waals surface area contributed by atoms with Crippen LogP contribution in [0.3, 0.4) is 0 Å². The SMILES string of the molecule is O=c1c(C(F)(F)F)cccn1CCOCC1CCCO1. The largest absolute Gasteiger partial charge is 0.421 e. The number of halogens is 3. The van der Waals surface area contributed by atoms with Crippen LogP contribution >= 0.6 is 0 Å². The quantitative estimate of drug-likeness (QED) is 0.780. The lowest BCUT2D eigenvalue weighted by atomic mass is 10.2. The summed E-state index contributed by atoms with van der Waals surface area (Å²) in [6.07, 6.45) is -1.30. The fourth-order valence-electron chi connectivity index (χ4n) is 2.08. The van der Waals surface area contributed by atoms with Crippen LogP contribution in [0.15, 0.2) is 23.1 Å². The number of aromatic nitrogens is 1. The van der Waals surface area contributed by atoms with Gasteiger partial charge in [-0.3, -0.25) is 4.79 Å². The molecule has 7 heteroatoms. The van der Waals surface area contributed by atoms with Crippen molar-refractivity contribution in [3.05, 3.63) is 34.2 Å². The maximum atomic E-state index is 12.6. The van der Waals surface area contributed by atoms with Crippen LogP contribution in [0.25, 0.3) is 0 Å². The van der Waals surface area contributed by atoms with Gasteiger partial charge in [0, 0.05) is 19.3 Å². The molecule has 1 unspecified atom stereocenters. The van der Waals surface area contributed by atoms with E-state index < -0.39 is 17.3 Å².